The third-order valence-corrected chi connectivity index (χ3v) is 6.22. The molecule has 1 unspecified atom stereocenters. The average molecular weight is 414 g/mol. The first kappa shape index (κ1) is 20.6. The number of piperidine rings is 1. The molecule has 3 aliphatic heterocycles. The van der Waals surface area contributed by atoms with E-state index in [0.717, 1.165) is 23.4 Å². The van der Waals surface area contributed by atoms with Crippen LogP contribution >= 0.6 is 0 Å². The maximum Gasteiger partial charge on any atom is 0.262 e. The number of rotatable bonds is 6. The van der Waals surface area contributed by atoms with Crippen LogP contribution in [0.5, 0.6) is 0 Å². The molecular formula is C21H26N4O5. The lowest BCUT2D eigenvalue weighted by Crippen LogP contribution is -2.54. The van der Waals surface area contributed by atoms with Crippen molar-refractivity contribution in [1.29, 1.82) is 0 Å². The van der Waals surface area contributed by atoms with E-state index in [1.165, 1.54) is 0 Å². The summed E-state index contributed by atoms with van der Waals surface area (Å²) in [6.07, 6.45) is 1.17. The predicted molar refractivity (Wildman–Crippen MR) is 106 cm³/mol. The van der Waals surface area contributed by atoms with E-state index in [1.54, 1.807) is 19.2 Å². The highest BCUT2D eigenvalue weighted by atomic mass is 16.5. The number of likely N-dealkylation sites (tertiary alicyclic amines) is 1. The zero-order chi connectivity index (χ0) is 21.4. The van der Waals surface area contributed by atoms with Gasteiger partial charge < -0.3 is 10.5 Å². The molecule has 3 atom stereocenters. The minimum absolute atomic E-state index is 0.101. The van der Waals surface area contributed by atoms with Gasteiger partial charge in [0.15, 0.2) is 0 Å². The molecule has 1 aromatic carbocycles. The second-order valence-corrected chi connectivity index (χ2v) is 8.16. The van der Waals surface area contributed by atoms with Crippen molar-refractivity contribution >= 4 is 23.6 Å². The Morgan fingerprint density at radius 2 is 2.00 bits per heavy atom. The maximum atomic E-state index is 13.2. The summed E-state index contributed by atoms with van der Waals surface area (Å²) in [7, 11) is 1.68. The quantitative estimate of drug-likeness (QED) is 0.623. The van der Waals surface area contributed by atoms with E-state index in [-0.39, 0.29) is 24.8 Å². The number of hydrogen-bond acceptors (Lipinski definition) is 7. The lowest BCUT2D eigenvalue weighted by Gasteiger charge is -2.28. The van der Waals surface area contributed by atoms with Crippen molar-refractivity contribution in [2.45, 2.75) is 37.9 Å². The highest BCUT2D eigenvalue weighted by molar-refractivity contribution is 6.24. The van der Waals surface area contributed by atoms with Crippen LogP contribution in [0.1, 0.15) is 45.5 Å². The van der Waals surface area contributed by atoms with Crippen LogP contribution in [0.3, 0.4) is 0 Å². The number of nitrogens with zero attached hydrogens (tertiary/aromatic N) is 2. The Morgan fingerprint density at radius 3 is 2.70 bits per heavy atom. The molecule has 9 nitrogen and oxygen atoms in total. The van der Waals surface area contributed by atoms with E-state index in [9.17, 15) is 19.2 Å². The average Bonchev–Trinajstić information content (AvgIpc) is 3.21. The van der Waals surface area contributed by atoms with Gasteiger partial charge in [0, 0.05) is 39.2 Å². The fraction of sp³-hybridized carbons (Fsp3) is 0.524. The first-order valence-corrected chi connectivity index (χ1v) is 10.2. The molecule has 0 bridgehead atoms. The number of amides is 4. The monoisotopic (exact) mass is 414 g/mol. The van der Waals surface area contributed by atoms with Crippen molar-refractivity contribution in [3.63, 3.8) is 0 Å². The number of hydrogen-bond donors (Lipinski definition) is 2. The SMILES string of the molecule is COC[C@H]1C[C@@H](CN)N(Cc2cccc3c2C(=O)N(C2CCC(=O)NC2=O)C3=O)C1. The normalized spacial score (nSPS) is 27.0. The fourth-order valence-corrected chi connectivity index (χ4v) is 4.82. The summed E-state index contributed by atoms with van der Waals surface area (Å²) in [6.45, 7) is 2.46. The van der Waals surface area contributed by atoms with Gasteiger partial charge in [-0.1, -0.05) is 12.1 Å². The van der Waals surface area contributed by atoms with Gasteiger partial charge in [-0.2, -0.15) is 0 Å². The van der Waals surface area contributed by atoms with Gasteiger partial charge in [-0.25, -0.2) is 0 Å². The van der Waals surface area contributed by atoms with E-state index >= 15 is 0 Å². The Bertz CT molecular complexity index is 901. The van der Waals surface area contributed by atoms with Crippen molar-refractivity contribution < 1.29 is 23.9 Å². The van der Waals surface area contributed by atoms with E-state index in [2.05, 4.69) is 10.2 Å². The first-order chi connectivity index (χ1) is 14.4. The molecule has 0 radical (unpaired) electrons. The second kappa shape index (κ2) is 8.25. The molecule has 9 heteroatoms. The van der Waals surface area contributed by atoms with Gasteiger partial charge in [-0.3, -0.25) is 34.3 Å². The van der Waals surface area contributed by atoms with E-state index < -0.39 is 23.8 Å². The van der Waals surface area contributed by atoms with Gasteiger partial charge in [0.05, 0.1) is 17.7 Å². The van der Waals surface area contributed by atoms with E-state index in [0.29, 0.717) is 36.7 Å². The first-order valence-electron chi connectivity index (χ1n) is 10.2. The highest BCUT2D eigenvalue weighted by Gasteiger charge is 2.45. The number of carbonyl (C=O) groups is 4. The zero-order valence-electron chi connectivity index (χ0n) is 16.9. The van der Waals surface area contributed by atoms with Gasteiger partial charge in [0.2, 0.25) is 11.8 Å². The van der Waals surface area contributed by atoms with Crippen LogP contribution in [0.25, 0.3) is 0 Å². The summed E-state index contributed by atoms with van der Waals surface area (Å²) in [5.41, 5.74) is 7.36. The lowest BCUT2D eigenvalue weighted by atomic mass is 10.0. The highest BCUT2D eigenvalue weighted by Crippen LogP contribution is 2.32. The van der Waals surface area contributed by atoms with Gasteiger partial charge in [0.25, 0.3) is 11.8 Å². The van der Waals surface area contributed by atoms with Crippen molar-refractivity contribution in [1.82, 2.24) is 15.1 Å². The van der Waals surface area contributed by atoms with Gasteiger partial charge in [-0.15, -0.1) is 0 Å². The minimum Gasteiger partial charge on any atom is -0.384 e. The van der Waals surface area contributed by atoms with Crippen molar-refractivity contribution in [2.24, 2.45) is 11.7 Å². The smallest absolute Gasteiger partial charge is 0.262 e. The number of nitrogens with two attached hydrogens (primary N) is 1. The lowest BCUT2D eigenvalue weighted by molar-refractivity contribution is -0.136. The summed E-state index contributed by atoms with van der Waals surface area (Å²) in [4.78, 5) is 53.1. The topological polar surface area (TPSA) is 122 Å². The molecule has 4 amide bonds. The summed E-state index contributed by atoms with van der Waals surface area (Å²) in [5, 5.41) is 2.22. The van der Waals surface area contributed by atoms with Crippen LogP contribution in [0.2, 0.25) is 0 Å². The van der Waals surface area contributed by atoms with Gasteiger partial charge in [-0.05, 0) is 30.4 Å². The molecule has 0 aromatic heterocycles. The molecule has 0 spiro atoms. The number of nitrogens with one attached hydrogen (secondary N) is 1. The van der Waals surface area contributed by atoms with Crippen LogP contribution in [0, 0.1) is 5.92 Å². The maximum absolute atomic E-state index is 13.2. The van der Waals surface area contributed by atoms with Gasteiger partial charge in [0.1, 0.15) is 6.04 Å². The number of ether oxygens (including phenoxy) is 1. The minimum atomic E-state index is -0.961. The van der Waals surface area contributed by atoms with E-state index in [1.807, 2.05) is 6.07 Å². The third-order valence-electron chi connectivity index (χ3n) is 6.22. The molecule has 2 saturated heterocycles. The molecular weight excluding hydrogens is 388 g/mol. The molecule has 160 valence electrons. The Balaban J connectivity index is 1.59. The van der Waals surface area contributed by atoms with Crippen molar-refractivity contribution in [3.05, 3.63) is 34.9 Å². The molecule has 3 N–H and O–H groups in total. The molecule has 1 aromatic rings. The van der Waals surface area contributed by atoms with Gasteiger partial charge >= 0.3 is 0 Å². The number of methoxy groups -OCH3 is 1. The van der Waals surface area contributed by atoms with Crippen LogP contribution < -0.4 is 11.1 Å². The summed E-state index contributed by atoms with van der Waals surface area (Å²) in [6, 6.07) is 4.43. The molecule has 0 aliphatic carbocycles. The molecule has 3 aliphatic rings. The number of imide groups is 2. The third kappa shape index (κ3) is 3.53. The Morgan fingerprint density at radius 1 is 1.20 bits per heavy atom. The molecule has 2 fully saturated rings. The Hall–Kier alpha value is -2.62. The standard InChI is InChI=1S/C21H26N4O5/c1-30-11-12-7-14(8-22)24(9-12)10-13-3-2-4-15-18(13)21(29)25(20(15)28)16-5-6-17(26)23-19(16)27/h2-4,12,14,16H,5-11,22H2,1H3,(H,23,26,27)/t12-,14-,16?/m0/s1. The largest absolute Gasteiger partial charge is 0.384 e. The number of benzene rings is 1. The molecule has 30 heavy (non-hydrogen) atoms. The number of carbonyl (C=O) groups excluding carboxylic acids is 4. The Kier molecular flexibility index (Phi) is 5.68. The molecule has 0 saturated carbocycles. The zero-order valence-corrected chi connectivity index (χ0v) is 16.9. The Labute approximate surface area is 174 Å². The van der Waals surface area contributed by atoms with E-state index in [4.69, 9.17) is 10.5 Å². The molecule has 3 heterocycles. The summed E-state index contributed by atoms with van der Waals surface area (Å²) >= 11 is 0. The summed E-state index contributed by atoms with van der Waals surface area (Å²) < 4.78 is 5.29. The van der Waals surface area contributed by atoms with Crippen LogP contribution in [-0.2, 0) is 20.9 Å². The van der Waals surface area contributed by atoms with Crippen LogP contribution in [0.4, 0.5) is 0 Å². The van der Waals surface area contributed by atoms with Crippen molar-refractivity contribution in [2.75, 3.05) is 26.8 Å². The second-order valence-electron chi connectivity index (χ2n) is 8.16. The summed E-state index contributed by atoms with van der Waals surface area (Å²) in [5.74, 6) is -1.58. The van der Waals surface area contributed by atoms with Crippen molar-refractivity contribution in [3.8, 4) is 0 Å². The van der Waals surface area contributed by atoms with Crippen LogP contribution in [-0.4, -0.2) is 72.3 Å². The molecule has 4 rings (SSSR count). The predicted octanol–water partition coefficient (Wildman–Crippen LogP) is -0.117. The number of fused-ring (bicyclic) bond motifs is 1. The van der Waals surface area contributed by atoms with Crippen LogP contribution in [0.15, 0.2) is 18.2 Å². The fourth-order valence-electron chi connectivity index (χ4n) is 4.82.